The van der Waals surface area contributed by atoms with Crippen molar-refractivity contribution in [1.82, 2.24) is 4.31 Å². The lowest BCUT2D eigenvalue weighted by Crippen LogP contribution is -2.38. The molecule has 0 saturated carbocycles. The number of nitrogens with one attached hydrogen (secondary N) is 1. The minimum Gasteiger partial charge on any atom is -0.325 e. The molecule has 0 aliphatic carbocycles. The van der Waals surface area contributed by atoms with Crippen molar-refractivity contribution in [3.63, 3.8) is 0 Å². The normalized spacial score (nSPS) is 11.9. The van der Waals surface area contributed by atoms with Crippen LogP contribution < -0.4 is 5.32 Å². The molecule has 124 valence electrons. The Kier molecular flexibility index (Phi) is 7.03. The van der Waals surface area contributed by atoms with Gasteiger partial charge in [0.1, 0.15) is 0 Å². The second-order valence-electron chi connectivity index (χ2n) is 5.84. The van der Waals surface area contributed by atoms with E-state index >= 15 is 0 Å². The zero-order chi connectivity index (χ0) is 16.8. The number of aryl methyl sites for hydroxylation is 1. The zero-order valence-electron chi connectivity index (χ0n) is 13.8. The molecule has 0 unspecified atom stereocenters. The number of sulfonamides is 1. The number of hydrogen-bond donors (Lipinski definition) is 1. The van der Waals surface area contributed by atoms with Gasteiger partial charge < -0.3 is 5.32 Å². The van der Waals surface area contributed by atoms with Crippen LogP contribution in [0.25, 0.3) is 0 Å². The fourth-order valence-electron chi connectivity index (χ4n) is 2.06. The number of carbonyl (C=O) groups is 1. The molecular weight excluding hydrogens is 300 g/mol. The summed E-state index contributed by atoms with van der Waals surface area (Å²) in [5.41, 5.74) is 1.77. The highest BCUT2D eigenvalue weighted by molar-refractivity contribution is 7.88. The third-order valence-electron chi connectivity index (χ3n) is 3.42. The Bertz CT molecular complexity index is 597. The lowest BCUT2D eigenvalue weighted by Gasteiger charge is -2.20. The van der Waals surface area contributed by atoms with E-state index in [-0.39, 0.29) is 12.5 Å². The predicted octanol–water partition coefficient (Wildman–Crippen LogP) is 2.50. The number of carbonyl (C=O) groups excluding carboxylic acids is 1. The molecule has 0 fully saturated rings. The van der Waals surface area contributed by atoms with Crippen LogP contribution >= 0.6 is 0 Å². The van der Waals surface area contributed by atoms with Crippen LogP contribution in [0.15, 0.2) is 24.3 Å². The second kappa shape index (κ2) is 8.29. The van der Waals surface area contributed by atoms with E-state index in [9.17, 15) is 13.2 Å². The van der Waals surface area contributed by atoms with Crippen molar-refractivity contribution in [2.24, 2.45) is 5.92 Å². The zero-order valence-corrected chi connectivity index (χ0v) is 14.6. The fourth-order valence-corrected chi connectivity index (χ4v) is 2.85. The summed E-state index contributed by atoms with van der Waals surface area (Å²) in [6.45, 7) is 6.27. The first-order chi connectivity index (χ1) is 10.2. The smallest absolute Gasteiger partial charge is 0.239 e. The van der Waals surface area contributed by atoms with Gasteiger partial charge in [-0.3, -0.25) is 4.79 Å². The number of benzene rings is 1. The molecule has 0 radical (unpaired) electrons. The first kappa shape index (κ1) is 18.6. The summed E-state index contributed by atoms with van der Waals surface area (Å²) in [7, 11) is -3.39. The summed E-state index contributed by atoms with van der Waals surface area (Å²) in [6, 6.07) is 7.54. The van der Waals surface area contributed by atoms with Crippen molar-refractivity contribution < 1.29 is 13.2 Å². The first-order valence-electron chi connectivity index (χ1n) is 7.57. The molecule has 0 atom stereocenters. The van der Waals surface area contributed by atoms with E-state index in [2.05, 4.69) is 5.32 Å². The fraction of sp³-hybridized carbons (Fsp3) is 0.562. The van der Waals surface area contributed by atoms with Gasteiger partial charge in [0.15, 0.2) is 0 Å². The largest absolute Gasteiger partial charge is 0.325 e. The first-order valence-corrected chi connectivity index (χ1v) is 9.41. The summed E-state index contributed by atoms with van der Waals surface area (Å²) in [5, 5.41) is 2.81. The Hall–Kier alpha value is -1.40. The van der Waals surface area contributed by atoms with Gasteiger partial charge in [-0.05, 0) is 30.4 Å². The molecule has 1 aromatic carbocycles. The van der Waals surface area contributed by atoms with Crippen LogP contribution in [0.2, 0.25) is 0 Å². The number of para-hydroxylation sites is 1. The van der Waals surface area contributed by atoms with Crippen molar-refractivity contribution in [3.05, 3.63) is 29.8 Å². The molecule has 22 heavy (non-hydrogen) atoms. The van der Waals surface area contributed by atoms with Crippen LogP contribution in [0, 0.1) is 5.92 Å². The van der Waals surface area contributed by atoms with Crippen LogP contribution in [0.5, 0.6) is 0 Å². The molecule has 1 aromatic rings. The lowest BCUT2D eigenvalue weighted by atomic mass is 10.1. The Morgan fingerprint density at radius 1 is 1.27 bits per heavy atom. The van der Waals surface area contributed by atoms with E-state index in [0.717, 1.165) is 30.3 Å². The summed E-state index contributed by atoms with van der Waals surface area (Å²) in [4.78, 5) is 12.2. The van der Waals surface area contributed by atoms with Gasteiger partial charge in [-0.2, -0.15) is 4.31 Å². The monoisotopic (exact) mass is 326 g/mol. The van der Waals surface area contributed by atoms with Gasteiger partial charge in [-0.1, -0.05) is 39.0 Å². The lowest BCUT2D eigenvalue weighted by molar-refractivity contribution is -0.116. The van der Waals surface area contributed by atoms with E-state index in [4.69, 9.17) is 0 Å². The third kappa shape index (κ3) is 6.15. The molecule has 1 rings (SSSR count). The Morgan fingerprint density at radius 3 is 2.45 bits per heavy atom. The van der Waals surface area contributed by atoms with Crippen LogP contribution in [-0.4, -0.2) is 38.0 Å². The quantitative estimate of drug-likeness (QED) is 0.798. The maximum absolute atomic E-state index is 12.2. The highest BCUT2D eigenvalue weighted by Crippen LogP contribution is 2.15. The highest BCUT2D eigenvalue weighted by atomic mass is 32.2. The average Bonchev–Trinajstić information content (AvgIpc) is 2.42. The van der Waals surface area contributed by atoms with Gasteiger partial charge in [0.2, 0.25) is 15.9 Å². The summed E-state index contributed by atoms with van der Waals surface area (Å²) >= 11 is 0. The van der Waals surface area contributed by atoms with Crippen LogP contribution in [0.4, 0.5) is 5.69 Å². The molecule has 0 saturated heterocycles. The molecule has 1 amide bonds. The minimum absolute atomic E-state index is 0.149. The van der Waals surface area contributed by atoms with Crippen molar-refractivity contribution in [2.45, 2.75) is 33.6 Å². The second-order valence-corrected chi connectivity index (χ2v) is 7.82. The minimum atomic E-state index is -3.39. The summed E-state index contributed by atoms with van der Waals surface area (Å²) in [6.07, 6.45) is 2.67. The van der Waals surface area contributed by atoms with Crippen LogP contribution in [-0.2, 0) is 21.2 Å². The van der Waals surface area contributed by atoms with E-state index in [1.54, 1.807) is 0 Å². The van der Waals surface area contributed by atoms with Crippen LogP contribution in [0.3, 0.4) is 0 Å². The molecule has 1 N–H and O–H groups in total. The van der Waals surface area contributed by atoms with E-state index in [0.29, 0.717) is 12.5 Å². The van der Waals surface area contributed by atoms with Gasteiger partial charge in [0.25, 0.3) is 0 Å². The molecule has 5 nitrogen and oxygen atoms in total. The third-order valence-corrected chi connectivity index (χ3v) is 4.67. The van der Waals surface area contributed by atoms with E-state index < -0.39 is 10.0 Å². The molecule has 6 heteroatoms. The SMILES string of the molecule is CCc1ccccc1NC(=O)CN(CCC(C)C)S(C)(=O)=O. The molecule has 0 spiro atoms. The topological polar surface area (TPSA) is 66.5 Å². The number of anilines is 1. The van der Waals surface area contributed by atoms with Gasteiger partial charge in [-0.25, -0.2) is 8.42 Å². The Labute approximate surface area is 133 Å². The maximum Gasteiger partial charge on any atom is 0.239 e. The molecule has 0 aliphatic heterocycles. The van der Waals surface area contributed by atoms with Crippen molar-refractivity contribution >= 4 is 21.6 Å². The number of rotatable bonds is 8. The number of hydrogen-bond acceptors (Lipinski definition) is 3. The van der Waals surface area contributed by atoms with Crippen LogP contribution in [0.1, 0.15) is 32.8 Å². The van der Waals surface area contributed by atoms with Gasteiger partial charge in [0.05, 0.1) is 12.8 Å². The van der Waals surface area contributed by atoms with Gasteiger partial charge in [-0.15, -0.1) is 0 Å². The standard InChI is InChI=1S/C16H26N2O3S/c1-5-14-8-6-7-9-15(14)17-16(19)12-18(22(4,20)21)11-10-13(2)3/h6-9,13H,5,10-12H2,1-4H3,(H,17,19). The van der Waals surface area contributed by atoms with Crippen molar-refractivity contribution in [1.29, 1.82) is 0 Å². The highest BCUT2D eigenvalue weighted by Gasteiger charge is 2.20. The van der Waals surface area contributed by atoms with E-state index in [1.807, 2.05) is 45.0 Å². The summed E-state index contributed by atoms with van der Waals surface area (Å²) in [5.74, 6) is 0.0724. The predicted molar refractivity (Wildman–Crippen MR) is 90.3 cm³/mol. The average molecular weight is 326 g/mol. The van der Waals surface area contributed by atoms with Crippen molar-refractivity contribution in [2.75, 3.05) is 24.7 Å². The Balaban J connectivity index is 2.75. The maximum atomic E-state index is 12.2. The van der Waals surface area contributed by atoms with Gasteiger partial charge in [0, 0.05) is 12.2 Å². The molecular formula is C16H26N2O3S. The Morgan fingerprint density at radius 2 is 1.91 bits per heavy atom. The molecule has 0 aromatic heterocycles. The molecule has 0 heterocycles. The summed E-state index contributed by atoms with van der Waals surface area (Å²) < 4.78 is 24.8. The number of amides is 1. The van der Waals surface area contributed by atoms with E-state index in [1.165, 1.54) is 4.31 Å². The number of nitrogens with zero attached hydrogens (tertiary/aromatic N) is 1. The molecule has 0 aliphatic rings. The van der Waals surface area contributed by atoms with Gasteiger partial charge >= 0.3 is 0 Å². The van der Waals surface area contributed by atoms with Crippen molar-refractivity contribution in [3.8, 4) is 0 Å². The molecule has 0 bridgehead atoms.